The van der Waals surface area contributed by atoms with Crippen molar-refractivity contribution in [2.75, 3.05) is 7.11 Å². The van der Waals surface area contributed by atoms with Gasteiger partial charge in [-0.2, -0.15) is 52.7 Å². The molecule has 9 aromatic rings. The lowest BCUT2D eigenvalue weighted by Crippen LogP contribution is -2.27. The van der Waals surface area contributed by atoms with Crippen molar-refractivity contribution in [3.05, 3.63) is 244 Å². The van der Waals surface area contributed by atoms with Gasteiger partial charge in [0, 0.05) is 22.3 Å². The van der Waals surface area contributed by atoms with Gasteiger partial charge in [-0.25, -0.2) is 0 Å². The number of ether oxygens (including phenoxy) is 1. The number of carbonyl (C=O) groups excluding carboxylic acids is 4. The number of aryl methyl sites for hydroxylation is 1. The molecule has 4 aliphatic rings. The first kappa shape index (κ1) is 61.0. The molecule has 0 saturated heterocycles. The second kappa shape index (κ2) is 24.0. The van der Waals surface area contributed by atoms with E-state index in [0.29, 0.717) is 50.3 Å². The van der Waals surface area contributed by atoms with E-state index >= 15 is 0 Å². The number of methoxy groups -OCH3 is 1. The maximum absolute atomic E-state index is 13.1. The van der Waals surface area contributed by atoms with E-state index in [0.717, 1.165) is 38.6 Å². The Morgan fingerprint density at radius 3 is 0.977 bits per heavy atom. The smallest absolute Gasteiger partial charge is 0.399 e. The van der Waals surface area contributed by atoms with Gasteiger partial charge in [0.15, 0.2) is 23.1 Å². The zero-order valence-electron chi connectivity index (χ0n) is 46.2. The summed E-state index contributed by atoms with van der Waals surface area (Å²) in [5.74, 6) is -10.3. The monoisotopic (exact) mass is 1200 g/mol. The topological polar surface area (TPSA) is 77.5 Å². The Bertz CT molecular complexity index is 4080. The number of rotatable bonds is 5. The van der Waals surface area contributed by atoms with Crippen LogP contribution in [0.5, 0.6) is 5.75 Å². The van der Waals surface area contributed by atoms with Crippen LogP contribution in [0.4, 0.5) is 52.7 Å². The van der Waals surface area contributed by atoms with Gasteiger partial charge in [-0.1, -0.05) is 188 Å². The quantitative estimate of drug-likeness (QED) is 0.161. The van der Waals surface area contributed by atoms with E-state index in [9.17, 15) is 71.9 Å². The molecule has 0 N–H and O–H groups in total. The molecule has 87 heavy (non-hydrogen) atoms. The lowest BCUT2D eigenvalue weighted by molar-refractivity contribution is -0.159. The highest BCUT2D eigenvalue weighted by molar-refractivity contribution is 6.08. The summed E-state index contributed by atoms with van der Waals surface area (Å²) in [4.78, 5) is 48.0. The molecule has 0 aliphatic heterocycles. The lowest BCUT2D eigenvalue weighted by Gasteiger charge is -2.13. The molecule has 4 atom stereocenters. The maximum atomic E-state index is 13.1. The highest BCUT2D eigenvalue weighted by Crippen LogP contribution is 2.47. The molecule has 0 bridgehead atoms. The van der Waals surface area contributed by atoms with Crippen LogP contribution in [-0.2, 0) is 25.7 Å². The predicted octanol–water partition coefficient (Wildman–Crippen LogP) is 18.6. The summed E-state index contributed by atoms with van der Waals surface area (Å²) in [6, 6.07) is 56.8. The summed E-state index contributed by atoms with van der Waals surface area (Å²) in [5, 5.41) is 1.99. The molecule has 13 rings (SSSR count). The van der Waals surface area contributed by atoms with Crippen LogP contribution in [0.15, 0.2) is 194 Å². The molecule has 17 heteroatoms. The number of fused-ring (bicyclic) bond motifs is 5. The van der Waals surface area contributed by atoms with E-state index < -0.39 is 71.5 Å². The molecule has 0 spiro atoms. The van der Waals surface area contributed by atoms with Crippen molar-refractivity contribution in [2.45, 2.75) is 57.3 Å². The van der Waals surface area contributed by atoms with Crippen molar-refractivity contribution in [1.29, 1.82) is 0 Å². The van der Waals surface area contributed by atoms with Gasteiger partial charge in [0.2, 0.25) is 0 Å². The Kier molecular flexibility index (Phi) is 16.8. The molecule has 0 radical (unpaired) electrons. The number of hydrogen-bond donors (Lipinski definition) is 0. The molecular weight excluding hydrogens is 1150 g/mol. The first-order valence-electron chi connectivity index (χ1n) is 27.4. The van der Waals surface area contributed by atoms with Crippen LogP contribution in [0.2, 0.25) is 0 Å². The minimum atomic E-state index is -4.51. The Hall–Kier alpha value is -9.12. The Labute approximate surface area is 491 Å². The summed E-state index contributed by atoms with van der Waals surface area (Å²) in [5.41, 5.74) is 9.96. The number of halogens is 12. The van der Waals surface area contributed by atoms with Crippen LogP contribution >= 0.6 is 0 Å². The Balaban J connectivity index is 0.000000129. The largest absolute Gasteiger partial charge is 0.497 e. The van der Waals surface area contributed by atoms with Gasteiger partial charge in [0.05, 0.1) is 7.11 Å². The van der Waals surface area contributed by atoms with E-state index in [1.807, 2.05) is 104 Å². The Morgan fingerprint density at radius 1 is 0.310 bits per heavy atom. The van der Waals surface area contributed by atoms with E-state index in [1.54, 1.807) is 79.9 Å². The molecule has 0 saturated carbocycles. The normalized spacial score (nSPS) is 17.7. The highest BCUT2D eigenvalue weighted by Gasteiger charge is 2.53. The maximum Gasteiger partial charge on any atom is 0.399 e. The number of benzene rings is 9. The van der Waals surface area contributed by atoms with E-state index in [4.69, 9.17) is 4.74 Å². The number of hydrogen-bond acceptors (Lipinski definition) is 5. The minimum Gasteiger partial charge on any atom is -0.497 e. The first-order valence-corrected chi connectivity index (χ1v) is 27.4. The van der Waals surface area contributed by atoms with Crippen molar-refractivity contribution in [3.8, 4) is 50.3 Å². The second-order valence-electron chi connectivity index (χ2n) is 21.5. The zero-order chi connectivity index (χ0) is 62.3. The number of carbonyl (C=O) groups is 4. The predicted molar refractivity (Wildman–Crippen MR) is 307 cm³/mol. The summed E-state index contributed by atoms with van der Waals surface area (Å²) in [7, 11) is 1.54. The van der Waals surface area contributed by atoms with Crippen LogP contribution in [0, 0.1) is 30.6 Å². The van der Waals surface area contributed by atoms with Crippen LogP contribution < -0.4 is 4.74 Å². The van der Waals surface area contributed by atoms with Crippen molar-refractivity contribution >= 4 is 33.9 Å². The number of Topliss-reactive ketones (excluding diaryl/α,β-unsaturated/α-hetero) is 4. The summed E-state index contributed by atoms with van der Waals surface area (Å²) in [6.07, 6.45) is -19.1. The van der Waals surface area contributed by atoms with E-state index in [2.05, 4.69) is 0 Å². The lowest BCUT2D eigenvalue weighted by atomic mass is 9.93. The first-order chi connectivity index (χ1) is 41.2. The third kappa shape index (κ3) is 12.5. The van der Waals surface area contributed by atoms with Gasteiger partial charge >= 0.3 is 24.7 Å². The molecule has 0 amide bonds. The van der Waals surface area contributed by atoms with Gasteiger partial charge < -0.3 is 4.74 Å². The van der Waals surface area contributed by atoms with Crippen molar-refractivity contribution in [1.82, 2.24) is 0 Å². The van der Waals surface area contributed by atoms with E-state index in [-0.39, 0.29) is 47.9 Å². The SMILES string of the molecule is COc1ccc(-c2cccc3c2CC(C(F)(F)F)C3=O)cc1.Cc1ccc(-c2cccc3c2CC(C(F)(F)F)C3=O)cc1.O=C1c2cccc(-c3cccc4ccccc34)c2CC1C(F)(F)F.O=C1c2cccc(-c3ccccc3)c2CC1C(F)(F)F. The molecule has 4 unspecified atom stereocenters. The molecule has 0 fully saturated rings. The molecule has 444 valence electrons. The van der Waals surface area contributed by atoms with Crippen LogP contribution in [0.25, 0.3) is 55.3 Å². The third-order valence-corrected chi connectivity index (χ3v) is 16.2. The fourth-order valence-corrected chi connectivity index (χ4v) is 11.8. The van der Waals surface area contributed by atoms with Crippen molar-refractivity contribution in [3.63, 3.8) is 0 Å². The van der Waals surface area contributed by atoms with Gasteiger partial charge in [0.1, 0.15) is 29.4 Å². The molecule has 5 nitrogen and oxygen atoms in total. The van der Waals surface area contributed by atoms with Gasteiger partial charge in [-0.15, -0.1) is 0 Å². The minimum absolute atomic E-state index is 0.177. The van der Waals surface area contributed by atoms with Gasteiger partial charge in [0.25, 0.3) is 0 Å². The van der Waals surface area contributed by atoms with Gasteiger partial charge in [-0.05, 0) is 122 Å². The van der Waals surface area contributed by atoms with Gasteiger partial charge in [-0.3, -0.25) is 19.2 Å². The molecule has 9 aromatic carbocycles. The summed E-state index contributed by atoms with van der Waals surface area (Å²) < 4.78 is 161. The number of ketones is 4. The van der Waals surface area contributed by atoms with Crippen molar-refractivity contribution < 1.29 is 76.6 Å². The number of alkyl halides is 12. The highest BCUT2D eigenvalue weighted by atomic mass is 19.4. The van der Waals surface area contributed by atoms with Crippen LogP contribution in [0.1, 0.15) is 69.2 Å². The molecule has 0 aromatic heterocycles. The molecular formula is C70H50F12O5. The summed E-state index contributed by atoms with van der Waals surface area (Å²) >= 11 is 0. The van der Waals surface area contributed by atoms with E-state index in [1.165, 1.54) is 24.3 Å². The fraction of sp³-hybridized carbons (Fsp3) is 0.200. The summed E-state index contributed by atoms with van der Waals surface area (Å²) in [6.45, 7) is 1.95. The zero-order valence-corrected chi connectivity index (χ0v) is 46.2. The molecule has 4 aliphatic carbocycles. The van der Waals surface area contributed by atoms with Crippen LogP contribution in [-0.4, -0.2) is 54.9 Å². The standard InChI is InChI=1S/C20H13F3O.C17H13F3O2.C17H13F3O.C16H11F3O/c21-20(22,23)18-11-17-15(9-4-10-16(17)19(18)24)14-8-3-6-12-5-1-2-7-13(12)14;1-22-11-7-5-10(6-8-11)12-3-2-4-13-14(12)9-15(16(13)21)17(18,19)20;1-10-5-7-11(8-6-10)12-3-2-4-13-14(12)9-15(16(13)21)17(18,19)20;17-16(18,19)14-9-13-11(10-5-2-1-3-6-10)7-4-8-12(13)15(14)20/h1-10,18H,11H2;2-8,15H,9H2,1H3;2-8,15H,9H2,1H3;1-8,14H,9H2. The second-order valence-corrected chi connectivity index (χ2v) is 21.5. The average molecular weight is 1200 g/mol. The Morgan fingerprint density at radius 2 is 0.598 bits per heavy atom. The fourth-order valence-electron chi connectivity index (χ4n) is 11.8. The average Bonchev–Trinajstić information content (AvgIpc) is 1.82. The molecule has 0 heterocycles. The van der Waals surface area contributed by atoms with Crippen molar-refractivity contribution in [2.24, 2.45) is 23.7 Å². The third-order valence-electron chi connectivity index (χ3n) is 16.2. The van der Waals surface area contributed by atoms with Crippen LogP contribution in [0.3, 0.4) is 0 Å².